The Labute approximate surface area is 98.6 Å². The van der Waals surface area contributed by atoms with Gasteiger partial charge in [-0.1, -0.05) is 37.1 Å². The van der Waals surface area contributed by atoms with Gasteiger partial charge in [-0.2, -0.15) is 0 Å². The van der Waals surface area contributed by atoms with Crippen LogP contribution in [0, 0.1) is 11.3 Å². The average molecular weight is 218 g/mol. The van der Waals surface area contributed by atoms with Crippen molar-refractivity contribution in [3.63, 3.8) is 0 Å². The molecule has 0 aromatic heterocycles. The molecule has 1 N–H and O–H groups in total. The first-order valence-corrected chi connectivity index (χ1v) is 6.19. The first kappa shape index (κ1) is 11.5. The van der Waals surface area contributed by atoms with E-state index in [0.717, 1.165) is 19.3 Å². The summed E-state index contributed by atoms with van der Waals surface area (Å²) in [5.74, 6) is 1.21. The van der Waals surface area contributed by atoms with Crippen molar-refractivity contribution in [3.8, 4) is 0 Å². The van der Waals surface area contributed by atoms with Crippen LogP contribution in [-0.4, -0.2) is 5.11 Å². The highest BCUT2D eigenvalue weighted by Gasteiger charge is 2.41. The topological polar surface area (TPSA) is 20.2 Å². The van der Waals surface area contributed by atoms with E-state index >= 15 is 0 Å². The lowest BCUT2D eigenvalue weighted by Crippen LogP contribution is -2.33. The van der Waals surface area contributed by atoms with E-state index in [0.29, 0.717) is 11.7 Å². The fourth-order valence-corrected chi connectivity index (χ4v) is 2.96. The number of aliphatic hydroxyl groups excluding tert-OH is 1. The van der Waals surface area contributed by atoms with Crippen molar-refractivity contribution in [2.75, 3.05) is 0 Å². The van der Waals surface area contributed by atoms with Crippen LogP contribution in [0.5, 0.6) is 0 Å². The smallest absolute Gasteiger partial charge is 0.100 e. The molecule has 16 heavy (non-hydrogen) atoms. The molecule has 1 heteroatoms. The number of aliphatic hydroxyl groups is 1. The summed E-state index contributed by atoms with van der Waals surface area (Å²) in [6.07, 6.45) is 7.33. The zero-order chi connectivity index (χ0) is 11.9. The molecule has 2 unspecified atom stereocenters. The van der Waals surface area contributed by atoms with Crippen molar-refractivity contribution in [2.45, 2.75) is 47.0 Å². The quantitative estimate of drug-likeness (QED) is 0.592. The second-order valence-electron chi connectivity index (χ2n) is 5.77. The molecule has 0 amide bonds. The van der Waals surface area contributed by atoms with Crippen molar-refractivity contribution >= 4 is 0 Å². The first-order chi connectivity index (χ1) is 7.45. The van der Waals surface area contributed by atoms with Gasteiger partial charge in [-0.25, -0.2) is 0 Å². The molecule has 2 atom stereocenters. The third kappa shape index (κ3) is 1.63. The van der Waals surface area contributed by atoms with E-state index in [2.05, 4.69) is 39.8 Å². The van der Waals surface area contributed by atoms with Gasteiger partial charge in [0.1, 0.15) is 5.76 Å². The lowest BCUT2D eigenvalue weighted by atomic mass is 9.61. The van der Waals surface area contributed by atoms with Crippen LogP contribution in [0.2, 0.25) is 0 Å². The third-order valence-electron chi connectivity index (χ3n) is 4.46. The molecule has 0 spiro atoms. The fraction of sp³-hybridized carbons (Fsp3) is 0.600. The minimum atomic E-state index is 0.143. The number of allylic oxidation sites excluding steroid dienone is 5. The fourth-order valence-electron chi connectivity index (χ4n) is 2.96. The maximum Gasteiger partial charge on any atom is 0.100 e. The molecule has 0 saturated heterocycles. The standard InChI is InChI=1S/C15H22O/c1-10(2)12-8-14(16)13-7-5-6-11(3)15(13,4)9-12/h5,7,11,16H,6,8-9H2,1-4H3. The Balaban J connectivity index is 2.52. The number of hydrogen-bond donors (Lipinski definition) is 1. The van der Waals surface area contributed by atoms with Crippen molar-refractivity contribution < 1.29 is 5.11 Å². The highest BCUT2D eigenvalue weighted by atomic mass is 16.3. The maximum atomic E-state index is 10.2. The number of hydrogen-bond acceptors (Lipinski definition) is 1. The highest BCUT2D eigenvalue weighted by molar-refractivity contribution is 5.40. The molecule has 2 rings (SSSR count). The first-order valence-electron chi connectivity index (χ1n) is 6.19. The van der Waals surface area contributed by atoms with Gasteiger partial charge in [0.2, 0.25) is 0 Å². The average Bonchev–Trinajstić information content (AvgIpc) is 2.20. The van der Waals surface area contributed by atoms with E-state index in [9.17, 15) is 5.11 Å². The van der Waals surface area contributed by atoms with Crippen molar-refractivity contribution in [2.24, 2.45) is 11.3 Å². The Morgan fingerprint density at radius 2 is 2.12 bits per heavy atom. The van der Waals surface area contributed by atoms with Crippen LogP contribution in [0.4, 0.5) is 0 Å². The van der Waals surface area contributed by atoms with Crippen LogP contribution in [-0.2, 0) is 0 Å². The van der Waals surface area contributed by atoms with Gasteiger partial charge in [0, 0.05) is 11.8 Å². The third-order valence-corrected chi connectivity index (χ3v) is 4.46. The summed E-state index contributed by atoms with van der Waals surface area (Å²) in [5, 5.41) is 10.2. The Bertz CT molecular complexity index is 394. The maximum absolute atomic E-state index is 10.2. The molecule has 2 aliphatic rings. The minimum absolute atomic E-state index is 0.143. The molecule has 0 aliphatic heterocycles. The van der Waals surface area contributed by atoms with Crippen LogP contribution < -0.4 is 0 Å². The summed E-state index contributed by atoms with van der Waals surface area (Å²) in [5.41, 5.74) is 4.11. The van der Waals surface area contributed by atoms with Crippen LogP contribution in [0.15, 0.2) is 34.6 Å². The van der Waals surface area contributed by atoms with Crippen LogP contribution in [0.3, 0.4) is 0 Å². The van der Waals surface area contributed by atoms with Crippen LogP contribution in [0.1, 0.15) is 47.0 Å². The van der Waals surface area contributed by atoms with Gasteiger partial charge in [-0.3, -0.25) is 0 Å². The molecule has 88 valence electrons. The Morgan fingerprint density at radius 1 is 1.44 bits per heavy atom. The molecular weight excluding hydrogens is 196 g/mol. The van der Waals surface area contributed by atoms with Gasteiger partial charge < -0.3 is 5.11 Å². The molecule has 0 heterocycles. The second kappa shape index (κ2) is 3.80. The van der Waals surface area contributed by atoms with Crippen LogP contribution >= 0.6 is 0 Å². The summed E-state index contributed by atoms with van der Waals surface area (Å²) in [7, 11) is 0. The van der Waals surface area contributed by atoms with Gasteiger partial charge in [0.25, 0.3) is 0 Å². The summed E-state index contributed by atoms with van der Waals surface area (Å²) < 4.78 is 0. The number of fused-ring (bicyclic) bond motifs is 1. The van der Waals surface area contributed by atoms with E-state index in [1.54, 1.807) is 0 Å². The largest absolute Gasteiger partial charge is 0.512 e. The second-order valence-corrected chi connectivity index (χ2v) is 5.77. The van der Waals surface area contributed by atoms with Crippen molar-refractivity contribution in [3.05, 3.63) is 34.6 Å². The molecule has 0 bridgehead atoms. The van der Waals surface area contributed by atoms with Gasteiger partial charge in [-0.15, -0.1) is 0 Å². The Morgan fingerprint density at radius 3 is 2.75 bits per heavy atom. The minimum Gasteiger partial charge on any atom is -0.512 e. The van der Waals surface area contributed by atoms with E-state index in [1.807, 2.05) is 0 Å². The predicted octanol–water partition coefficient (Wildman–Crippen LogP) is 4.53. The van der Waals surface area contributed by atoms with E-state index in [4.69, 9.17) is 0 Å². The Kier molecular flexibility index (Phi) is 2.73. The van der Waals surface area contributed by atoms with Gasteiger partial charge in [0.15, 0.2) is 0 Å². The Hall–Kier alpha value is -0.980. The molecule has 0 aromatic rings. The zero-order valence-corrected chi connectivity index (χ0v) is 10.8. The van der Waals surface area contributed by atoms with Crippen molar-refractivity contribution in [1.82, 2.24) is 0 Å². The van der Waals surface area contributed by atoms with Gasteiger partial charge >= 0.3 is 0 Å². The van der Waals surface area contributed by atoms with Crippen molar-refractivity contribution in [1.29, 1.82) is 0 Å². The molecule has 0 saturated carbocycles. The highest BCUT2D eigenvalue weighted by Crippen LogP contribution is 2.51. The molecule has 0 aromatic carbocycles. The predicted molar refractivity (Wildman–Crippen MR) is 68.3 cm³/mol. The molecular formula is C15H22O. The van der Waals surface area contributed by atoms with E-state index < -0.39 is 0 Å². The summed E-state index contributed by atoms with van der Waals surface area (Å²) in [4.78, 5) is 0. The van der Waals surface area contributed by atoms with Gasteiger partial charge in [0.05, 0.1) is 0 Å². The molecule has 0 radical (unpaired) electrons. The van der Waals surface area contributed by atoms with Crippen LogP contribution in [0.25, 0.3) is 0 Å². The van der Waals surface area contributed by atoms with E-state index in [1.165, 1.54) is 16.7 Å². The molecule has 0 fully saturated rings. The van der Waals surface area contributed by atoms with Gasteiger partial charge in [-0.05, 0) is 38.2 Å². The summed E-state index contributed by atoms with van der Waals surface area (Å²) in [6.45, 7) is 8.90. The number of rotatable bonds is 0. The normalized spacial score (nSPS) is 34.0. The zero-order valence-electron chi connectivity index (χ0n) is 10.8. The van der Waals surface area contributed by atoms with E-state index in [-0.39, 0.29) is 5.41 Å². The molecule has 2 aliphatic carbocycles. The lowest BCUT2D eigenvalue weighted by molar-refractivity contribution is 0.218. The SMILES string of the molecule is CC(C)=C1CC(O)=C2C=CCC(C)C2(C)C1. The summed E-state index contributed by atoms with van der Waals surface area (Å²) in [6, 6.07) is 0. The summed E-state index contributed by atoms with van der Waals surface area (Å²) >= 11 is 0. The monoisotopic (exact) mass is 218 g/mol. The lowest BCUT2D eigenvalue weighted by Gasteiger charge is -2.43. The molecule has 1 nitrogen and oxygen atoms in total.